The summed E-state index contributed by atoms with van der Waals surface area (Å²) in [6.45, 7) is 5.41. The second-order valence-corrected chi connectivity index (χ2v) is 15.5. The number of methoxy groups -OCH3 is 5. The number of hydrogen-bond donors (Lipinski definition) is 2. The molecule has 55 heavy (non-hydrogen) atoms. The number of halogens is 4. The summed E-state index contributed by atoms with van der Waals surface area (Å²) in [7, 11) is 6.29. The van der Waals surface area contributed by atoms with Crippen molar-refractivity contribution in [1.82, 2.24) is 19.9 Å². The first-order valence-electron chi connectivity index (χ1n) is 16.3. The maximum atomic E-state index is 13.7. The SMILES string of the molecule is COC(=O)CC1=C(C)c2nc1c(Br)c1[nH]c(c(Br)c3nc(c(Br)c4[nH]c(c2Br)c(CC(=O)OC)c4C)C(CC(=O)OC)=C3C(=O)OC)c(CC(=O)OC)c1C. The van der Waals surface area contributed by atoms with Gasteiger partial charge < -0.3 is 33.7 Å². The summed E-state index contributed by atoms with van der Waals surface area (Å²) in [4.78, 5) is 82.0. The van der Waals surface area contributed by atoms with Crippen molar-refractivity contribution in [2.45, 2.75) is 46.5 Å². The fourth-order valence-electron chi connectivity index (χ4n) is 6.39. The second kappa shape index (κ2) is 16.9. The number of rotatable bonds is 9. The van der Waals surface area contributed by atoms with Crippen molar-refractivity contribution in [3.05, 3.63) is 62.9 Å². The number of H-pyrrole nitrogens is 2. The van der Waals surface area contributed by atoms with E-state index in [0.717, 1.165) is 0 Å². The van der Waals surface area contributed by atoms with Crippen molar-refractivity contribution in [2.24, 2.45) is 0 Å². The van der Waals surface area contributed by atoms with Crippen LogP contribution in [0.15, 0.2) is 17.9 Å². The highest BCUT2D eigenvalue weighted by Gasteiger charge is 2.34. The Balaban J connectivity index is 2.16. The summed E-state index contributed by atoms with van der Waals surface area (Å²) in [5.74, 6) is -3.01. The lowest BCUT2D eigenvalue weighted by Crippen LogP contribution is -2.08. The quantitative estimate of drug-likeness (QED) is 0.159. The minimum atomic E-state index is -0.795. The number of nitrogens with one attached hydrogen (secondary N) is 2. The molecule has 0 fully saturated rings. The van der Waals surface area contributed by atoms with Gasteiger partial charge >= 0.3 is 29.8 Å². The van der Waals surface area contributed by atoms with Gasteiger partial charge in [0.15, 0.2) is 0 Å². The number of fused-ring (bicyclic) bond motifs is 8. The Kier molecular flexibility index (Phi) is 12.9. The van der Waals surface area contributed by atoms with E-state index in [9.17, 15) is 24.0 Å². The smallest absolute Gasteiger partial charge is 0.340 e. The Bertz CT molecular complexity index is 2450. The van der Waals surface area contributed by atoms with Gasteiger partial charge in [0.25, 0.3) is 0 Å². The fourth-order valence-corrected chi connectivity index (χ4v) is 9.19. The first kappa shape index (κ1) is 42.0. The number of carbonyl (C=O) groups excluding carboxylic acids is 5. The Morgan fingerprint density at radius 1 is 0.491 bits per heavy atom. The molecule has 290 valence electrons. The number of allylic oxidation sites excluding steroid dienone is 1. The molecular weight excluding hydrogens is 980 g/mol. The van der Waals surface area contributed by atoms with Crippen LogP contribution in [0.5, 0.6) is 0 Å². The molecule has 0 radical (unpaired) electrons. The van der Waals surface area contributed by atoms with E-state index in [-0.39, 0.29) is 52.7 Å². The standard InChI is InChI=1S/C37H34Br4N4O10/c1-13-16(9-20(46)51-4)32-26(39)30-15(3)18(11-22(48)53-6)34(44-30)28(41)36-24(37(50)55-8)19(12-23(49)54-7)35(45-36)27(40)31-14(2)17(10-21(47)52-5)33(43-31)25(38)29(13)42-32/h43-44H,9-12H2,1-8H3. The van der Waals surface area contributed by atoms with Gasteiger partial charge in [0.1, 0.15) is 0 Å². The Hall–Kier alpha value is -4.13. The largest absolute Gasteiger partial charge is 0.469 e. The summed E-state index contributed by atoms with van der Waals surface area (Å²) in [5.41, 5.74) is 6.52. The van der Waals surface area contributed by atoms with Crippen LogP contribution < -0.4 is 0 Å². The van der Waals surface area contributed by atoms with Crippen LogP contribution in [0.1, 0.15) is 64.8 Å². The van der Waals surface area contributed by atoms with Crippen LogP contribution in [0.4, 0.5) is 0 Å². The molecular formula is C37H34Br4N4O10. The van der Waals surface area contributed by atoms with Crippen molar-refractivity contribution in [1.29, 1.82) is 0 Å². The van der Waals surface area contributed by atoms with E-state index in [4.69, 9.17) is 33.7 Å². The van der Waals surface area contributed by atoms with Gasteiger partial charge in [-0.05, 0) is 118 Å². The Morgan fingerprint density at radius 2 is 0.855 bits per heavy atom. The summed E-state index contributed by atoms with van der Waals surface area (Å²) in [6, 6.07) is 0. The number of hydrogen-bond acceptors (Lipinski definition) is 12. The molecule has 3 aromatic rings. The second-order valence-electron chi connectivity index (χ2n) is 12.3. The molecule has 8 bridgehead atoms. The molecule has 18 heteroatoms. The van der Waals surface area contributed by atoms with Crippen molar-refractivity contribution in [3.8, 4) is 0 Å². The summed E-state index contributed by atoms with van der Waals surface area (Å²) >= 11 is 14.9. The van der Waals surface area contributed by atoms with E-state index < -0.39 is 29.8 Å². The zero-order chi connectivity index (χ0) is 40.6. The van der Waals surface area contributed by atoms with Gasteiger partial charge in [-0.1, -0.05) is 0 Å². The molecule has 14 nitrogen and oxygen atoms in total. The fraction of sp³-hybridized carbons (Fsp3) is 0.324. The van der Waals surface area contributed by atoms with E-state index >= 15 is 0 Å². The number of esters is 5. The minimum absolute atomic E-state index is 0.0400. The molecule has 5 heterocycles. The number of ether oxygens (including phenoxy) is 5. The van der Waals surface area contributed by atoms with Gasteiger partial charge in [-0.15, -0.1) is 0 Å². The van der Waals surface area contributed by atoms with E-state index in [0.29, 0.717) is 80.3 Å². The highest BCUT2D eigenvalue weighted by atomic mass is 79.9. The van der Waals surface area contributed by atoms with E-state index in [1.165, 1.54) is 35.5 Å². The van der Waals surface area contributed by atoms with E-state index in [1.807, 2.05) is 6.92 Å². The number of aromatic nitrogens is 4. The number of aromatic amines is 2. The zero-order valence-corrected chi connectivity index (χ0v) is 37.2. The molecule has 2 aliphatic heterocycles. The lowest BCUT2D eigenvalue weighted by atomic mass is 10.0. The molecule has 0 spiro atoms. The van der Waals surface area contributed by atoms with E-state index in [1.54, 1.807) is 13.8 Å². The number of nitrogens with zero attached hydrogens (tertiary/aromatic N) is 2. The van der Waals surface area contributed by atoms with Gasteiger partial charge in [0.2, 0.25) is 0 Å². The summed E-state index contributed by atoms with van der Waals surface area (Å²) < 4.78 is 26.9. The third-order valence-electron chi connectivity index (χ3n) is 9.42. The molecule has 0 atom stereocenters. The molecule has 5 rings (SSSR count). The van der Waals surface area contributed by atoms with Gasteiger partial charge in [-0.3, -0.25) is 19.2 Å². The third kappa shape index (κ3) is 7.69. The molecule has 0 aliphatic carbocycles. The topological polar surface area (TPSA) is 189 Å². The first-order valence-corrected chi connectivity index (χ1v) is 19.5. The number of carbonyl (C=O) groups is 5. The van der Waals surface area contributed by atoms with Crippen molar-refractivity contribution in [3.63, 3.8) is 0 Å². The highest BCUT2D eigenvalue weighted by Crippen LogP contribution is 2.46. The maximum Gasteiger partial charge on any atom is 0.340 e. The van der Waals surface area contributed by atoms with Crippen LogP contribution in [-0.2, 0) is 60.5 Å². The van der Waals surface area contributed by atoms with Crippen LogP contribution >= 0.6 is 63.7 Å². The molecule has 0 saturated heterocycles. The molecule has 0 aromatic carbocycles. The average molecular weight is 1010 g/mol. The average Bonchev–Trinajstić information content (AvgIpc) is 3.90. The first-order chi connectivity index (χ1) is 26.0. The molecule has 2 aliphatic rings. The van der Waals surface area contributed by atoms with Crippen molar-refractivity contribution in [2.75, 3.05) is 35.5 Å². The molecule has 0 amide bonds. The van der Waals surface area contributed by atoms with Crippen LogP contribution in [0.25, 0.3) is 44.4 Å². The van der Waals surface area contributed by atoms with Gasteiger partial charge in [-0.2, -0.15) is 0 Å². The highest BCUT2D eigenvalue weighted by molar-refractivity contribution is 9.11. The van der Waals surface area contributed by atoms with Crippen LogP contribution in [0.2, 0.25) is 0 Å². The summed E-state index contributed by atoms with van der Waals surface area (Å²) in [5, 5.41) is 0. The molecule has 2 N–H and O–H groups in total. The number of aryl methyl sites for hydroxylation is 2. The molecule has 3 aromatic heterocycles. The Morgan fingerprint density at radius 3 is 1.29 bits per heavy atom. The lowest BCUT2D eigenvalue weighted by Gasteiger charge is -2.08. The third-order valence-corrected chi connectivity index (χ3v) is 12.5. The summed E-state index contributed by atoms with van der Waals surface area (Å²) in [6.07, 6.45) is -0.834. The van der Waals surface area contributed by atoms with Crippen molar-refractivity contribution < 1.29 is 47.7 Å². The van der Waals surface area contributed by atoms with Crippen LogP contribution in [0.3, 0.4) is 0 Å². The molecule has 0 unspecified atom stereocenters. The maximum absolute atomic E-state index is 13.7. The van der Waals surface area contributed by atoms with Crippen LogP contribution in [0, 0.1) is 13.8 Å². The van der Waals surface area contributed by atoms with Crippen LogP contribution in [-0.4, -0.2) is 85.3 Å². The van der Waals surface area contributed by atoms with Gasteiger partial charge in [0, 0.05) is 5.57 Å². The Labute approximate surface area is 348 Å². The lowest BCUT2D eigenvalue weighted by molar-refractivity contribution is -0.140. The van der Waals surface area contributed by atoms with Gasteiger partial charge in [-0.25, -0.2) is 14.8 Å². The zero-order valence-electron chi connectivity index (χ0n) is 30.8. The molecule has 0 saturated carbocycles. The minimum Gasteiger partial charge on any atom is -0.469 e. The van der Waals surface area contributed by atoms with E-state index in [2.05, 4.69) is 73.7 Å². The normalized spacial score (nSPS) is 12.5. The monoisotopic (exact) mass is 1010 g/mol. The van der Waals surface area contributed by atoms with Gasteiger partial charge in [0.05, 0.1) is 130 Å². The van der Waals surface area contributed by atoms with Crippen molar-refractivity contribution >= 4 is 138 Å². The predicted octanol–water partition coefficient (Wildman–Crippen LogP) is 7.55. The predicted molar refractivity (Wildman–Crippen MR) is 217 cm³/mol.